The van der Waals surface area contributed by atoms with E-state index in [1.54, 1.807) is 13.0 Å². The second-order valence-electron chi connectivity index (χ2n) is 2.76. The molecule has 15 heavy (non-hydrogen) atoms. The molecule has 0 bridgehead atoms. The Balaban J connectivity index is 2.86. The van der Waals surface area contributed by atoms with Crippen molar-refractivity contribution < 1.29 is 13.9 Å². The van der Waals surface area contributed by atoms with Gasteiger partial charge in [-0.15, -0.1) is 0 Å². The van der Waals surface area contributed by atoms with Crippen LogP contribution in [0.25, 0.3) is 0 Å². The molecular formula is C10H9FN2O2. The molecule has 0 N–H and O–H groups in total. The first-order valence-electron chi connectivity index (χ1n) is 4.37. The SMILES string of the molecule is CCOC(=O)Cc1cnc(F)cc1C#N. The summed E-state index contributed by atoms with van der Waals surface area (Å²) in [6.07, 6.45) is 1.11. The smallest absolute Gasteiger partial charge is 0.310 e. The van der Waals surface area contributed by atoms with E-state index in [4.69, 9.17) is 10.00 Å². The Morgan fingerprint density at radius 1 is 1.73 bits per heavy atom. The number of carbonyl (C=O) groups is 1. The number of carbonyl (C=O) groups excluding carboxylic acids is 1. The van der Waals surface area contributed by atoms with Crippen LogP contribution >= 0.6 is 0 Å². The summed E-state index contributed by atoms with van der Waals surface area (Å²) >= 11 is 0. The molecule has 1 aromatic rings. The van der Waals surface area contributed by atoms with E-state index in [-0.39, 0.29) is 18.6 Å². The minimum absolute atomic E-state index is 0.0655. The van der Waals surface area contributed by atoms with Crippen LogP contribution < -0.4 is 0 Å². The van der Waals surface area contributed by atoms with Gasteiger partial charge in [0.05, 0.1) is 24.7 Å². The van der Waals surface area contributed by atoms with Crippen LogP contribution in [0.15, 0.2) is 12.3 Å². The molecule has 1 aromatic heterocycles. The molecule has 0 aliphatic heterocycles. The third kappa shape index (κ3) is 3.02. The lowest BCUT2D eigenvalue weighted by atomic mass is 10.1. The van der Waals surface area contributed by atoms with E-state index in [2.05, 4.69) is 4.98 Å². The highest BCUT2D eigenvalue weighted by atomic mass is 19.1. The Hall–Kier alpha value is -1.96. The highest BCUT2D eigenvalue weighted by Crippen LogP contribution is 2.09. The molecule has 1 rings (SSSR count). The molecule has 0 fully saturated rings. The van der Waals surface area contributed by atoms with E-state index in [1.165, 1.54) is 6.20 Å². The molecule has 0 atom stereocenters. The third-order valence-corrected chi connectivity index (χ3v) is 1.71. The summed E-state index contributed by atoms with van der Waals surface area (Å²) in [4.78, 5) is 14.5. The Labute approximate surface area is 86.3 Å². The Kier molecular flexibility index (Phi) is 3.75. The van der Waals surface area contributed by atoms with Gasteiger partial charge in [-0.3, -0.25) is 4.79 Å². The summed E-state index contributed by atoms with van der Waals surface area (Å²) in [5.74, 6) is -1.19. The first kappa shape index (κ1) is 11.1. The van der Waals surface area contributed by atoms with Crippen molar-refractivity contribution in [2.75, 3.05) is 6.61 Å². The van der Waals surface area contributed by atoms with Gasteiger partial charge < -0.3 is 4.74 Å². The average molecular weight is 208 g/mol. The molecule has 0 saturated heterocycles. The van der Waals surface area contributed by atoms with Crippen LogP contribution in [-0.2, 0) is 16.0 Å². The van der Waals surface area contributed by atoms with Gasteiger partial charge in [0.2, 0.25) is 5.95 Å². The fourth-order valence-corrected chi connectivity index (χ4v) is 1.07. The number of nitriles is 1. The van der Waals surface area contributed by atoms with E-state index in [0.717, 1.165) is 6.07 Å². The van der Waals surface area contributed by atoms with Crippen molar-refractivity contribution >= 4 is 5.97 Å². The monoisotopic (exact) mass is 208 g/mol. The molecule has 0 spiro atoms. The number of esters is 1. The standard InChI is InChI=1S/C10H9FN2O2/c1-2-15-10(14)4-8-6-13-9(11)3-7(8)5-12/h3,6H,2,4H2,1H3. The molecule has 0 aromatic carbocycles. The molecule has 0 unspecified atom stereocenters. The van der Waals surface area contributed by atoms with Gasteiger partial charge in [0, 0.05) is 12.3 Å². The van der Waals surface area contributed by atoms with Gasteiger partial charge in [0.15, 0.2) is 0 Å². The number of aromatic nitrogens is 1. The second kappa shape index (κ2) is 5.05. The van der Waals surface area contributed by atoms with Gasteiger partial charge in [-0.25, -0.2) is 4.98 Å². The number of hydrogen-bond acceptors (Lipinski definition) is 4. The minimum atomic E-state index is -0.737. The maximum Gasteiger partial charge on any atom is 0.310 e. The van der Waals surface area contributed by atoms with E-state index in [1.807, 2.05) is 0 Å². The van der Waals surface area contributed by atoms with E-state index in [9.17, 15) is 9.18 Å². The van der Waals surface area contributed by atoms with Crippen LogP contribution in [0.2, 0.25) is 0 Å². The Morgan fingerprint density at radius 3 is 3.07 bits per heavy atom. The van der Waals surface area contributed by atoms with Crippen molar-refractivity contribution in [2.45, 2.75) is 13.3 Å². The summed E-state index contributed by atoms with van der Waals surface area (Å²) in [7, 11) is 0. The van der Waals surface area contributed by atoms with E-state index < -0.39 is 11.9 Å². The molecule has 0 aliphatic rings. The topological polar surface area (TPSA) is 63.0 Å². The van der Waals surface area contributed by atoms with Crippen molar-refractivity contribution in [1.82, 2.24) is 4.98 Å². The third-order valence-electron chi connectivity index (χ3n) is 1.71. The van der Waals surface area contributed by atoms with Crippen molar-refractivity contribution in [1.29, 1.82) is 5.26 Å². The summed E-state index contributed by atoms with van der Waals surface area (Å²) in [6, 6.07) is 2.79. The van der Waals surface area contributed by atoms with Crippen molar-refractivity contribution in [3.63, 3.8) is 0 Å². The number of halogens is 1. The minimum Gasteiger partial charge on any atom is -0.466 e. The summed E-state index contributed by atoms with van der Waals surface area (Å²) in [5.41, 5.74) is 0.480. The maximum atomic E-state index is 12.6. The number of nitrogens with zero attached hydrogens (tertiary/aromatic N) is 2. The first-order chi connectivity index (χ1) is 7.17. The van der Waals surface area contributed by atoms with E-state index >= 15 is 0 Å². The first-order valence-corrected chi connectivity index (χ1v) is 4.37. The van der Waals surface area contributed by atoms with Crippen LogP contribution in [0.4, 0.5) is 4.39 Å². The molecule has 1 heterocycles. The summed E-state index contributed by atoms with van der Waals surface area (Å²) < 4.78 is 17.3. The maximum absolute atomic E-state index is 12.6. The van der Waals surface area contributed by atoms with Crippen molar-refractivity contribution in [3.8, 4) is 6.07 Å². The van der Waals surface area contributed by atoms with Gasteiger partial charge in [-0.1, -0.05) is 0 Å². The van der Waals surface area contributed by atoms with Crippen LogP contribution in [-0.4, -0.2) is 17.6 Å². The normalized spacial score (nSPS) is 9.40. The quantitative estimate of drug-likeness (QED) is 0.553. The molecule has 4 nitrogen and oxygen atoms in total. The van der Waals surface area contributed by atoms with Crippen LogP contribution in [0.3, 0.4) is 0 Å². The predicted octanol–water partition coefficient (Wildman–Crippen LogP) is 1.20. The number of rotatable bonds is 3. The molecular weight excluding hydrogens is 199 g/mol. The molecule has 0 amide bonds. The van der Waals surface area contributed by atoms with Gasteiger partial charge in [0.1, 0.15) is 0 Å². The van der Waals surface area contributed by atoms with Crippen LogP contribution in [0, 0.1) is 17.3 Å². The Bertz CT molecular complexity index is 412. The zero-order valence-corrected chi connectivity index (χ0v) is 8.16. The summed E-state index contributed by atoms with van der Waals surface area (Å²) in [6.45, 7) is 1.96. The largest absolute Gasteiger partial charge is 0.466 e. The predicted molar refractivity (Wildman–Crippen MR) is 49.2 cm³/mol. The van der Waals surface area contributed by atoms with Gasteiger partial charge in [0.25, 0.3) is 0 Å². The lowest BCUT2D eigenvalue weighted by Gasteiger charge is -2.03. The Morgan fingerprint density at radius 2 is 2.47 bits per heavy atom. The van der Waals surface area contributed by atoms with Gasteiger partial charge >= 0.3 is 5.97 Å². The molecule has 0 saturated carbocycles. The molecule has 0 radical (unpaired) electrons. The number of pyridine rings is 1. The zero-order chi connectivity index (χ0) is 11.3. The van der Waals surface area contributed by atoms with Gasteiger partial charge in [-0.05, 0) is 12.5 Å². The summed E-state index contributed by atoms with van der Waals surface area (Å²) in [5, 5.41) is 8.69. The lowest BCUT2D eigenvalue weighted by Crippen LogP contribution is -2.09. The molecule has 78 valence electrons. The highest BCUT2D eigenvalue weighted by Gasteiger charge is 2.10. The zero-order valence-electron chi connectivity index (χ0n) is 8.16. The van der Waals surface area contributed by atoms with Crippen LogP contribution in [0.5, 0.6) is 0 Å². The average Bonchev–Trinajstić information content (AvgIpc) is 2.21. The highest BCUT2D eigenvalue weighted by molar-refractivity contribution is 5.73. The molecule has 0 aliphatic carbocycles. The fourth-order valence-electron chi connectivity index (χ4n) is 1.07. The number of ether oxygens (including phenoxy) is 1. The van der Waals surface area contributed by atoms with E-state index in [0.29, 0.717) is 5.56 Å². The van der Waals surface area contributed by atoms with Crippen molar-refractivity contribution in [2.24, 2.45) is 0 Å². The van der Waals surface area contributed by atoms with Gasteiger partial charge in [-0.2, -0.15) is 9.65 Å². The van der Waals surface area contributed by atoms with Crippen molar-refractivity contribution in [3.05, 3.63) is 29.3 Å². The lowest BCUT2D eigenvalue weighted by molar-refractivity contribution is -0.142. The number of hydrogen-bond donors (Lipinski definition) is 0. The second-order valence-corrected chi connectivity index (χ2v) is 2.76. The fraction of sp³-hybridized carbons (Fsp3) is 0.300. The molecule has 5 heteroatoms. The van der Waals surface area contributed by atoms with Crippen LogP contribution in [0.1, 0.15) is 18.1 Å².